The van der Waals surface area contributed by atoms with E-state index in [4.69, 9.17) is 0 Å². The number of rotatable bonds is 1. The minimum atomic E-state index is 0.168. The molecule has 0 aliphatic carbocycles. The van der Waals surface area contributed by atoms with Crippen LogP contribution in [-0.2, 0) is 4.79 Å². The number of anilines is 1. The summed E-state index contributed by atoms with van der Waals surface area (Å²) in [5, 5.41) is 0. The lowest BCUT2D eigenvalue weighted by Gasteiger charge is -2.32. The second-order valence-corrected chi connectivity index (χ2v) is 4.68. The van der Waals surface area contributed by atoms with E-state index in [1.807, 2.05) is 41.1 Å². The Hall–Kier alpha value is -0.870. The van der Waals surface area contributed by atoms with Gasteiger partial charge in [-0.2, -0.15) is 0 Å². The lowest BCUT2D eigenvalue weighted by Crippen LogP contribution is -2.48. The van der Waals surface area contributed by atoms with E-state index in [1.165, 1.54) is 0 Å². The summed E-state index contributed by atoms with van der Waals surface area (Å²) >= 11 is 3.41. The maximum atomic E-state index is 11.8. The van der Waals surface area contributed by atoms with Crippen molar-refractivity contribution < 1.29 is 4.79 Å². The molecule has 0 aromatic heterocycles. The molecule has 2 rings (SSSR count). The van der Waals surface area contributed by atoms with Crippen molar-refractivity contribution >= 4 is 27.5 Å². The molecule has 80 valence electrons. The first-order chi connectivity index (χ1) is 7.16. The van der Waals surface area contributed by atoms with E-state index < -0.39 is 0 Å². The normalized spacial score (nSPS) is 18.3. The Morgan fingerprint density at radius 2 is 2.13 bits per heavy atom. The van der Waals surface area contributed by atoms with Crippen molar-refractivity contribution in [3.8, 4) is 0 Å². The van der Waals surface area contributed by atoms with Crippen LogP contribution in [0.1, 0.15) is 0 Å². The fourth-order valence-electron chi connectivity index (χ4n) is 1.71. The largest absolute Gasteiger partial charge is 0.310 e. The molecule has 1 aromatic rings. The topological polar surface area (TPSA) is 23.6 Å². The van der Waals surface area contributed by atoms with Crippen LogP contribution in [0, 0.1) is 0 Å². The van der Waals surface area contributed by atoms with Crippen molar-refractivity contribution in [1.82, 2.24) is 4.90 Å². The molecule has 15 heavy (non-hydrogen) atoms. The molecule has 1 aliphatic rings. The zero-order valence-electron chi connectivity index (χ0n) is 8.61. The summed E-state index contributed by atoms with van der Waals surface area (Å²) in [7, 11) is 1.97. The van der Waals surface area contributed by atoms with E-state index in [9.17, 15) is 4.79 Å². The molecule has 1 amide bonds. The van der Waals surface area contributed by atoms with Gasteiger partial charge in [-0.3, -0.25) is 9.69 Å². The van der Waals surface area contributed by atoms with E-state index in [0.717, 1.165) is 23.2 Å². The standard InChI is InChI=1S/C11H13BrN2O/c1-13-5-6-14(11(15)8-13)10-4-2-3-9(12)7-10/h2-4,7H,5-6,8H2,1H3. The van der Waals surface area contributed by atoms with Gasteiger partial charge in [-0.05, 0) is 25.2 Å². The van der Waals surface area contributed by atoms with Gasteiger partial charge >= 0.3 is 0 Å². The second-order valence-electron chi connectivity index (χ2n) is 3.76. The first kappa shape index (κ1) is 10.6. The zero-order valence-corrected chi connectivity index (χ0v) is 10.2. The molecule has 1 saturated heterocycles. The van der Waals surface area contributed by atoms with Crippen LogP contribution in [0.2, 0.25) is 0 Å². The third kappa shape index (κ3) is 2.38. The Balaban J connectivity index is 2.20. The number of halogens is 1. The molecule has 0 radical (unpaired) electrons. The summed E-state index contributed by atoms with van der Waals surface area (Å²) in [5.41, 5.74) is 0.975. The van der Waals surface area contributed by atoms with Crippen LogP contribution in [0.4, 0.5) is 5.69 Å². The third-order valence-electron chi connectivity index (χ3n) is 2.53. The van der Waals surface area contributed by atoms with Gasteiger partial charge in [-0.15, -0.1) is 0 Å². The van der Waals surface area contributed by atoms with Gasteiger partial charge in [0.15, 0.2) is 0 Å². The number of amides is 1. The quantitative estimate of drug-likeness (QED) is 0.775. The molecule has 0 atom stereocenters. The molecule has 0 spiro atoms. The van der Waals surface area contributed by atoms with Crippen molar-refractivity contribution in [1.29, 1.82) is 0 Å². The van der Waals surface area contributed by atoms with Crippen LogP contribution < -0.4 is 4.90 Å². The Morgan fingerprint density at radius 1 is 1.33 bits per heavy atom. The molecule has 0 saturated carbocycles. The molecule has 4 heteroatoms. The first-order valence-electron chi connectivity index (χ1n) is 4.91. The average Bonchev–Trinajstić information content (AvgIpc) is 2.17. The minimum absolute atomic E-state index is 0.168. The van der Waals surface area contributed by atoms with E-state index in [-0.39, 0.29) is 5.91 Å². The smallest absolute Gasteiger partial charge is 0.241 e. The van der Waals surface area contributed by atoms with Gasteiger partial charge in [0.05, 0.1) is 6.54 Å². The molecular formula is C11H13BrN2O. The Labute approximate surface area is 97.8 Å². The fraction of sp³-hybridized carbons (Fsp3) is 0.364. The lowest BCUT2D eigenvalue weighted by molar-refractivity contribution is -0.120. The van der Waals surface area contributed by atoms with Crippen molar-refractivity contribution in [2.24, 2.45) is 0 Å². The van der Waals surface area contributed by atoms with Crippen LogP contribution in [0.15, 0.2) is 28.7 Å². The maximum absolute atomic E-state index is 11.8. The summed E-state index contributed by atoms with van der Waals surface area (Å²) in [5.74, 6) is 0.168. The molecule has 1 aliphatic heterocycles. The number of nitrogens with zero attached hydrogens (tertiary/aromatic N) is 2. The first-order valence-corrected chi connectivity index (χ1v) is 5.70. The van der Waals surface area contributed by atoms with Crippen molar-refractivity contribution in [2.75, 3.05) is 31.6 Å². The van der Waals surface area contributed by atoms with Crippen LogP contribution in [0.5, 0.6) is 0 Å². The Morgan fingerprint density at radius 3 is 2.80 bits per heavy atom. The fourth-order valence-corrected chi connectivity index (χ4v) is 2.09. The van der Waals surface area contributed by atoms with Gasteiger partial charge in [0.1, 0.15) is 0 Å². The second kappa shape index (κ2) is 4.33. The van der Waals surface area contributed by atoms with Gasteiger partial charge in [-0.25, -0.2) is 0 Å². The number of piperazine rings is 1. The molecular weight excluding hydrogens is 256 g/mol. The van der Waals surface area contributed by atoms with Crippen molar-refractivity contribution in [2.45, 2.75) is 0 Å². The highest BCUT2D eigenvalue weighted by atomic mass is 79.9. The maximum Gasteiger partial charge on any atom is 0.241 e. The SMILES string of the molecule is CN1CCN(c2cccc(Br)c2)C(=O)C1. The van der Waals surface area contributed by atoms with Gasteiger partial charge in [0, 0.05) is 23.2 Å². The highest BCUT2D eigenvalue weighted by Crippen LogP contribution is 2.21. The number of likely N-dealkylation sites (N-methyl/N-ethyl adjacent to an activating group) is 1. The summed E-state index contributed by atoms with van der Waals surface area (Å²) in [6.07, 6.45) is 0. The summed E-state index contributed by atoms with van der Waals surface area (Å²) in [6, 6.07) is 7.85. The van der Waals surface area contributed by atoms with E-state index >= 15 is 0 Å². The lowest BCUT2D eigenvalue weighted by atomic mass is 10.2. The predicted octanol–water partition coefficient (Wildman–Crippen LogP) is 1.73. The average molecular weight is 269 g/mol. The van der Waals surface area contributed by atoms with Crippen molar-refractivity contribution in [3.05, 3.63) is 28.7 Å². The Kier molecular flexibility index (Phi) is 3.07. The number of carbonyl (C=O) groups excluding carboxylic acids is 1. The number of benzene rings is 1. The highest BCUT2D eigenvalue weighted by Gasteiger charge is 2.22. The van der Waals surface area contributed by atoms with Crippen LogP contribution in [0.25, 0.3) is 0 Å². The predicted molar refractivity (Wildman–Crippen MR) is 64.0 cm³/mol. The van der Waals surface area contributed by atoms with Gasteiger partial charge in [0.25, 0.3) is 0 Å². The number of carbonyl (C=O) groups is 1. The molecule has 0 N–H and O–H groups in total. The molecule has 1 aromatic carbocycles. The van der Waals surface area contributed by atoms with E-state index in [2.05, 4.69) is 15.9 Å². The van der Waals surface area contributed by atoms with Crippen LogP contribution in [0.3, 0.4) is 0 Å². The van der Waals surface area contributed by atoms with Gasteiger partial charge < -0.3 is 4.90 Å². The van der Waals surface area contributed by atoms with Crippen LogP contribution >= 0.6 is 15.9 Å². The molecule has 1 fully saturated rings. The number of hydrogen-bond acceptors (Lipinski definition) is 2. The van der Waals surface area contributed by atoms with Crippen molar-refractivity contribution in [3.63, 3.8) is 0 Å². The third-order valence-corrected chi connectivity index (χ3v) is 3.02. The summed E-state index contributed by atoms with van der Waals surface area (Å²) in [4.78, 5) is 15.7. The molecule has 0 unspecified atom stereocenters. The zero-order chi connectivity index (χ0) is 10.8. The number of hydrogen-bond donors (Lipinski definition) is 0. The molecule has 1 heterocycles. The molecule has 3 nitrogen and oxygen atoms in total. The summed E-state index contributed by atoms with van der Waals surface area (Å²) < 4.78 is 1.01. The van der Waals surface area contributed by atoms with Gasteiger partial charge in [-0.1, -0.05) is 22.0 Å². The Bertz CT molecular complexity index is 381. The summed E-state index contributed by atoms with van der Waals surface area (Å²) in [6.45, 7) is 2.20. The molecule has 0 bridgehead atoms. The van der Waals surface area contributed by atoms with Gasteiger partial charge in [0.2, 0.25) is 5.91 Å². The van der Waals surface area contributed by atoms with E-state index in [0.29, 0.717) is 6.54 Å². The highest BCUT2D eigenvalue weighted by molar-refractivity contribution is 9.10. The minimum Gasteiger partial charge on any atom is -0.310 e. The monoisotopic (exact) mass is 268 g/mol. The van der Waals surface area contributed by atoms with E-state index in [1.54, 1.807) is 0 Å². The van der Waals surface area contributed by atoms with Crippen LogP contribution in [-0.4, -0.2) is 37.5 Å².